The molecule has 1 aromatic carbocycles. The second-order valence-electron chi connectivity index (χ2n) is 5.46. The third-order valence-electron chi connectivity index (χ3n) is 3.34. The number of ether oxygens (including phenoxy) is 1. The lowest BCUT2D eigenvalue weighted by Crippen LogP contribution is -2.17. The minimum absolute atomic E-state index is 0.170. The molecule has 3 rings (SSSR count). The number of benzene rings is 1. The first kappa shape index (κ1) is 17.3. The highest BCUT2D eigenvalue weighted by Gasteiger charge is 2.32. The highest BCUT2D eigenvalue weighted by atomic mass is 79.9. The number of hydrogen-bond acceptors (Lipinski definition) is 4. The van der Waals surface area contributed by atoms with Crippen LogP contribution in [0.4, 0.5) is 24.7 Å². The number of halogens is 5. The van der Waals surface area contributed by atoms with E-state index in [1.165, 1.54) is 31.0 Å². The van der Waals surface area contributed by atoms with Crippen molar-refractivity contribution in [3.05, 3.63) is 39.7 Å². The van der Waals surface area contributed by atoms with E-state index in [-0.39, 0.29) is 10.2 Å². The van der Waals surface area contributed by atoms with Gasteiger partial charge in [0.2, 0.25) is 0 Å². The zero-order valence-electron chi connectivity index (χ0n) is 12.2. The number of alkyl halides is 3. The van der Waals surface area contributed by atoms with Crippen LogP contribution >= 0.6 is 27.5 Å². The molecule has 0 radical (unpaired) electrons. The largest absolute Gasteiger partial charge is 0.573 e. The molecule has 0 spiro atoms. The maximum atomic E-state index is 12.3. The van der Waals surface area contributed by atoms with E-state index in [9.17, 15) is 13.2 Å². The van der Waals surface area contributed by atoms with E-state index in [1.54, 1.807) is 6.07 Å². The molecule has 1 heterocycles. The summed E-state index contributed by atoms with van der Waals surface area (Å²) in [7, 11) is 0. The third-order valence-corrected chi connectivity index (χ3v) is 4.15. The average Bonchev–Trinajstić information content (AvgIpc) is 3.24. The first-order valence-electron chi connectivity index (χ1n) is 7.14. The van der Waals surface area contributed by atoms with Crippen LogP contribution in [0.15, 0.2) is 28.7 Å². The molecule has 24 heavy (non-hydrogen) atoms. The van der Waals surface area contributed by atoms with Crippen molar-refractivity contribution in [3.8, 4) is 5.75 Å². The Morgan fingerprint density at radius 3 is 2.62 bits per heavy atom. The van der Waals surface area contributed by atoms with Crippen LogP contribution in [0.25, 0.3) is 0 Å². The van der Waals surface area contributed by atoms with Gasteiger partial charge in [0, 0.05) is 18.2 Å². The van der Waals surface area contributed by atoms with E-state index in [0.717, 1.165) is 6.42 Å². The van der Waals surface area contributed by atoms with E-state index < -0.39 is 6.36 Å². The van der Waals surface area contributed by atoms with Crippen LogP contribution in [0.1, 0.15) is 18.7 Å². The maximum absolute atomic E-state index is 12.3. The number of nitrogens with zero attached hydrogens (tertiary/aromatic N) is 2. The molecule has 1 fully saturated rings. The lowest BCUT2D eigenvalue weighted by atomic mass is 10.3. The Morgan fingerprint density at radius 1 is 1.25 bits per heavy atom. The summed E-state index contributed by atoms with van der Waals surface area (Å²) in [5.74, 6) is 1.44. The molecule has 1 N–H and O–H groups in total. The van der Waals surface area contributed by atoms with Crippen LogP contribution in [0.5, 0.6) is 5.75 Å². The molecule has 0 unspecified atom stereocenters. The summed E-state index contributed by atoms with van der Waals surface area (Å²) < 4.78 is 40.9. The van der Waals surface area contributed by atoms with Crippen molar-refractivity contribution in [2.45, 2.75) is 25.6 Å². The lowest BCUT2D eigenvalue weighted by Gasteiger charge is -2.12. The van der Waals surface area contributed by atoms with E-state index in [4.69, 9.17) is 11.6 Å². The first-order valence-corrected chi connectivity index (χ1v) is 8.31. The molecule has 9 heteroatoms. The summed E-state index contributed by atoms with van der Waals surface area (Å²) in [6.07, 6.45) is -1.62. The molecule has 0 aliphatic heterocycles. The fourth-order valence-corrected chi connectivity index (χ4v) is 2.79. The predicted molar refractivity (Wildman–Crippen MR) is 87.6 cm³/mol. The Balaban J connectivity index is 1.75. The quantitative estimate of drug-likeness (QED) is 0.648. The molecule has 0 atom stereocenters. The van der Waals surface area contributed by atoms with Crippen molar-refractivity contribution >= 4 is 39.0 Å². The fourth-order valence-electron chi connectivity index (χ4n) is 2.13. The Morgan fingerprint density at radius 2 is 2.00 bits per heavy atom. The van der Waals surface area contributed by atoms with Crippen molar-refractivity contribution in [1.29, 1.82) is 0 Å². The van der Waals surface area contributed by atoms with Gasteiger partial charge in [-0.05, 0) is 52.9 Å². The fraction of sp³-hybridized carbons (Fsp3) is 0.333. The number of hydrogen-bond donors (Lipinski definition) is 1. The minimum Gasteiger partial charge on any atom is -0.405 e. The molecule has 0 bridgehead atoms. The molecule has 1 aromatic heterocycles. The van der Waals surface area contributed by atoms with Crippen molar-refractivity contribution in [2.75, 3.05) is 5.32 Å². The van der Waals surface area contributed by atoms with E-state index in [1.807, 2.05) is 0 Å². The molecular formula is C15H12BrClF3N3O. The molecule has 128 valence electrons. The highest BCUT2D eigenvalue weighted by molar-refractivity contribution is 9.10. The normalized spacial score (nSPS) is 14.5. The molecule has 1 saturated carbocycles. The van der Waals surface area contributed by atoms with E-state index in [0.29, 0.717) is 28.4 Å². The first-order chi connectivity index (χ1) is 11.3. The molecular weight excluding hydrogens is 411 g/mol. The average molecular weight is 423 g/mol. The molecule has 0 saturated heterocycles. The lowest BCUT2D eigenvalue weighted by molar-refractivity contribution is -0.274. The van der Waals surface area contributed by atoms with Crippen LogP contribution in [-0.4, -0.2) is 16.3 Å². The molecule has 1 aliphatic rings. The maximum Gasteiger partial charge on any atom is 0.573 e. The van der Waals surface area contributed by atoms with Gasteiger partial charge >= 0.3 is 6.36 Å². The van der Waals surface area contributed by atoms with Crippen LogP contribution in [0.3, 0.4) is 0 Å². The smallest absolute Gasteiger partial charge is 0.405 e. The molecule has 0 amide bonds. The number of nitrogens with one attached hydrogen (secondary N) is 1. The number of rotatable bonds is 5. The van der Waals surface area contributed by atoms with Gasteiger partial charge in [-0.2, -0.15) is 0 Å². The summed E-state index contributed by atoms with van der Waals surface area (Å²) >= 11 is 9.06. The molecule has 1 aliphatic carbocycles. The number of aromatic nitrogens is 2. The van der Waals surface area contributed by atoms with Gasteiger partial charge in [-0.3, -0.25) is 0 Å². The molecule has 2 aromatic rings. The van der Waals surface area contributed by atoms with Crippen molar-refractivity contribution < 1.29 is 17.9 Å². The highest BCUT2D eigenvalue weighted by Crippen LogP contribution is 2.34. The Labute approximate surface area is 149 Å². The van der Waals surface area contributed by atoms with E-state index in [2.05, 4.69) is 36.0 Å². The van der Waals surface area contributed by atoms with E-state index >= 15 is 0 Å². The van der Waals surface area contributed by atoms with Crippen LogP contribution in [-0.2, 0) is 6.42 Å². The van der Waals surface area contributed by atoms with Gasteiger partial charge in [0.05, 0.1) is 4.47 Å². The SMILES string of the molecule is FC(F)(F)Oc1ccc(Nc2cc(Cl)nc(CC3CC3)n2)cc1Br. The summed E-state index contributed by atoms with van der Waals surface area (Å²) in [6, 6.07) is 5.71. The summed E-state index contributed by atoms with van der Waals surface area (Å²) in [4.78, 5) is 8.57. The van der Waals surface area contributed by atoms with Gasteiger partial charge in [-0.15, -0.1) is 13.2 Å². The van der Waals surface area contributed by atoms with Gasteiger partial charge in [0.1, 0.15) is 22.5 Å². The van der Waals surface area contributed by atoms with Gasteiger partial charge < -0.3 is 10.1 Å². The summed E-state index contributed by atoms with van der Waals surface area (Å²) in [6.45, 7) is 0. The zero-order chi connectivity index (χ0) is 17.3. The van der Waals surface area contributed by atoms with Gasteiger partial charge in [0.15, 0.2) is 0 Å². The van der Waals surface area contributed by atoms with Crippen molar-refractivity contribution in [1.82, 2.24) is 9.97 Å². The third kappa shape index (κ3) is 4.98. The van der Waals surface area contributed by atoms with Crippen LogP contribution in [0, 0.1) is 5.92 Å². The second kappa shape index (κ2) is 6.76. The Bertz CT molecular complexity index is 753. The van der Waals surface area contributed by atoms with Crippen molar-refractivity contribution in [3.63, 3.8) is 0 Å². The summed E-state index contributed by atoms with van der Waals surface area (Å²) in [5.41, 5.74) is 0.545. The Kier molecular flexibility index (Phi) is 4.87. The standard InChI is InChI=1S/C15H12BrClF3N3O/c16-10-6-9(3-4-11(10)24-15(18,19)20)21-14-7-12(17)22-13(23-14)5-8-1-2-8/h3-4,6-8H,1-2,5H2,(H,21,22,23). The van der Waals surface area contributed by atoms with Crippen LogP contribution < -0.4 is 10.1 Å². The zero-order valence-corrected chi connectivity index (χ0v) is 14.5. The van der Waals surface area contributed by atoms with Crippen LogP contribution in [0.2, 0.25) is 5.15 Å². The Hall–Kier alpha value is -1.54. The molecule has 4 nitrogen and oxygen atoms in total. The van der Waals surface area contributed by atoms with Gasteiger partial charge in [-0.1, -0.05) is 11.6 Å². The van der Waals surface area contributed by atoms with Crippen molar-refractivity contribution in [2.24, 2.45) is 5.92 Å². The minimum atomic E-state index is -4.74. The number of anilines is 2. The van der Waals surface area contributed by atoms with Gasteiger partial charge in [0.25, 0.3) is 0 Å². The summed E-state index contributed by atoms with van der Waals surface area (Å²) in [5, 5.41) is 3.33. The second-order valence-corrected chi connectivity index (χ2v) is 6.70. The topological polar surface area (TPSA) is 47.0 Å². The monoisotopic (exact) mass is 421 g/mol. The predicted octanol–water partition coefficient (Wildman–Crippen LogP) is 5.49. The van der Waals surface area contributed by atoms with Gasteiger partial charge in [-0.25, -0.2) is 9.97 Å².